The molecule has 0 saturated heterocycles. The molecule has 0 aliphatic carbocycles. The van der Waals surface area contributed by atoms with Crippen LogP contribution >= 0.6 is 0 Å². The third kappa shape index (κ3) is 4.87. The second kappa shape index (κ2) is 8.68. The summed E-state index contributed by atoms with van der Waals surface area (Å²) in [5, 5.41) is 6.80. The van der Waals surface area contributed by atoms with Crippen molar-refractivity contribution in [1.29, 1.82) is 0 Å². The topological polar surface area (TPSA) is 73.2 Å². The average Bonchev–Trinajstić information content (AvgIpc) is 2.97. The van der Waals surface area contributed by atoms with E-state index in [1.54, 1.807) is 24.6 Å². The number of hydrogen-bond donors (Lipinski definition) is 1. The molecule has 1 N–H and O–H groups in total. The van der Waals surface area contributed by atoms with Crippen molar-refractivity contribution in [2.45, 2.75) is 27.3 Å². The Hall–Kier alpha value is -3.48. The predicted molar refractivity (Wildman–Crippen MR) is 107 cm³/mol. The fourth-order valence-corrected chi connectivity index (χ4v) is 2.96. The van der Waals surface area contributed by atoms with Gasteiger partial charge in [0.15, 0.2) is 6.61 Å². The molecule has 0 saturated carbocycles. The monoisotopic (exact) mass is 395 g/mol. The Balaban J connectivity index is 1.64. The van der Waals surface area contributed by atoms with Crippen LogP contribution in [0.25, 0.3) is 0 Å². The quantitative estimate of drug-likeness (QED) is 0.645. The van der Waals surface area contributed by atoms with E-state index < -0.39 is 24.3 Å². The van der Waals surface area contributed by atoms with Crippen molar-refractivity contribution >= 4 is 17.6 Å². The van der Waals surface area contributed by atoms with Gasteiger partial charge in [0.2, 0.25) is 0 Å². The van der Waals surface area contributed by atoms with Crippen LogP contribution in [0.15, 0.2) is 48.5 Å². The fraction of sp³-hybridized carbons (Fsp3) is 0.227. The fourth-order valence-electron chi connectivity index (χ4n) is 2.96. The molecule has 0 unspecified atom stereocenters. The van der Waals surface area contributed by atoms with Crippen molar-refractivity contribution in [3.63, 3.8) is 0 Å². The Bertz CT molecular complexity index is 1040. The summed E-state index contributed by atoms with van der Waals surface area (Å²) in [5.41, 5.74) is 3.77. The number of halogens is 1. The van der Waals surface area contributed by atoms with Gasteiger partial charge in [-0.15, -0.1) is 0 Å². The zero-order chi connectivity index (χ0) is 21.0. The van der Waals surface area contributed by atoms with Crippen LogP contribution in [0.3, 0.4) is 0 Å². The first-order valence-corrected chi connectivity index (χ1v) is 9.16. The molecular formula is C22H22FN3O3. The molecule has 6 nitrogen and oxygen atoms in total. The van der Waals surface area contributed by atoms with E-state index in [4.69, 9.17) is 4.74 Å². The number of carbonyl (C=O) groups is 2. The Morgan fingerprint density at radius 1 is 1.07 bits per heavy atom. The molecule has 29 heavy (non-hydrogen) atoms. The second-order valence-electron chi connectivity index (χ2n) is 6.79. The number of aryl methyl sites for hydroxylation is 2. The van der Waals surface area contributed by atoms with Gasteiger partial charge in [-0.2, -0.15) is 5.10 Å². The lowest BCUT2D eigenvalue weighted by Gasteiger charge is -2.08. The number of esters is 1. The number of ether oxygens (including phenoxy) is 1. The van der Waals surface area contributed by atoms with Crippen molar-refractivity contribution in [3.05, 3.63) is 82.4 Å². The molecule has 7 heteroatoms. The molecule has 3 aromatic rings. The van der Waals surface area contributed by atoms with Gasteiger partial charge in [0.25, 0.3) is 5.91 Å². The molecular weight excluding hydrogens is 373 g/mol. The normalized spacial score (nSPS) is 10.6. The van der Waals surface area contributed by atoms with Crippen molar-refractivity contribution in [1.82, 2.24) is 9.78 Å². The van der Waals surface area contributed by atoms with Gasteiger partial charge in [0.1, 0.15) is 11.4 Å². The zero-order valence-electron chi connectivity index (χ0n) is 16.5. The molecule has 0 spiro atoms. The smallest absolute Gasteiger partial charge is 0.342 e. The summed E-state index contributed by atoms with van der Waals surface area (Å²) in [6.45, 7) is 5.52. The maximum Gasteiger partial charge on any atom is 0.342 e. The van der Waals surface area contributed by atoms with E-state index in [1.165, 1.54) is 23.8 Å². The van der Waals surface area contributed by atoms with E-state index >= 15 is 0 Å². The molecule has 0 aliphatic rings. The third-order valence-corrected chi connectivity index (χ3v) is 4.52. The van der Waals surface area contributed by atoms with Crippen molar-refractivity contribution in [2.24, 2.45) is 0 Å². The summed E-state index contributed by atoms with van der Waals surface area (Å²) in [4.78, 5) is 24.5. The van der Waals surface area contributed by atoms with Crippen LogP contribution in [0.5, 0.6) is 0 Å². The Kier molecular flexibility index (Phi) is 6.07. The molecule has 0 aliphatic heterocycles. The first-order chi connectivity index (χ1) is 13.8. The van der Waals surface area contributed by atoms with Crippen LogP contribution < -0.4 is 5.32 Å². The van der Waals surface area contributed by atoms with E-state index in [0.717, 1.165) is 5.56 Å². The minimum Gasteiger partial charge on any atom is -0.452 e. The summed E-state index contributed by atoms with van der Waals surface area (Å²) in [6, 6.07) is 13.8. The summed E-state index contributed by atoms with van der Waals surface area (Å²) in [6.07, 6.45) is 0. The molecule has 3 rings (SSSR count). The first-order valence-electron chi connectivity index (χ1n) is 9.16. The molecule has 0 bridgehead atoms. The van der Waals surface area contributed by atoms with Gasteiger partial charge in [-0.1, -0.05) is 42.0 Å². The van der Waals surface area contributed by atoms with Gasteiger partial charge in [0, 0.05) is 0 Å². The second-order valence-corrected chi connectivity index (χ2v) is 6.79. The maximum atomic E-state index is 13.6. The Morgan fingerprint density at radius 3 is 2.45 bits per heavy atom. The molecule has 1 heterocycles. The highest BCUT2D eigenvalue weighted by atomic mass is 19.1. The minimum atomic E-state index is -0.640. The molecule has 2 aromatic carbocycles. The molecule has 0 atom stereocenters. The first kappa shape index (κ1) is 20.3. The average molecular weight is 395 g/mol. The van der Waals surface area contributed by atoms with E-state index in [2.05, 4.69) is 10.4 Å². The highest BCUT2D eigenvalue weighted by molar-refractivity contribution is 5.96. The van der Waals surface area contributed by atoms with Gasteiger partial charge in [-0.25, -0.2) is 9.18 Å². The van der Waals surface area contributed by atoms with E-state index in [9.17, 15) is 14.0 Å². The molecule has 1 aromatic heterocycles. The van der Waals surface area contributed by atoms with Crippen LogP contribution in [-0.4, -0.2) is 28.3 Å². The number of anilines is 1. The number of hydrogen-bond acceptors (Lipinski definition) is 4. The number of amides is 1. The number of nitrogens with zero attached hydrogens (tertiary/aromatic N) is 2. The summed E-state index contributed by atoms with van der Waals surface area (Å²) in [7, 11) is 0. The number of para-hydroxylation sites is 1. The molecule has 1 amide bonds. The van der Waals surface area contributed by atoms with Crippen LogP contribution in [0.2, 0.25) is 0 Å². The summed E-state index contributed by atoms with van der Waals surface area (Å²) < 4.78 is 20.4. The number of rotatable bonds is 6. The van der Waals surface area contributed by atoms with Crippen molar-refractivity contribution in [2.75, 3.05) is 11.9 Å². The van der Waals surface area contributed by atoms with E-state index in [1.807, 2.05) is 31.2 Å². The van der Waals surface area contributed by atoms with Crippen LogP contribution in [0.1, 0.15) is 32.9 Å². The van der Waals surface area contributed by atoms with Crippen LogP contribution in [0.4, 0.5) is 10.1 Å². The van der Waals surface area contributed by atoms with Crippen molar-refractivity contribution in [3.8, 4) is 0 Å². The molecule has 0 fully saturated rings. The van der Waals surface area contributed by atoms with E-state index in [-0.39, 0.29) is 5.69 Å². The van der Waals surface area contributed by atoms with Crippen LogP contribution in [0, 0.1) is 26.6 Å². The van der Waals surface area contributed by atoms with E-state index in [0.29, 0.717) is 23.5 Å². The van der Waals surface area contributed by atoms with Crippen molar-refractivity contribution < 1.29 is 18.7 Å². The highest BCUT2D eigenvalue weighted by Crippen LogP contribution is 2.17. The minimum absolute atomic E-state index is 0.0341. The summed E-state index contributed by atoms with van der Waals surface area (Å²) in [5.74, 6) is -1.82. The largest absolute Gasteiger partial charge is 0.452 e. The zero-order valence-corrected chi connectivity index (χ0v) is 16.5. The maximum absolute atomic E-state index is 13.6. The lowest BCUT2D eigenvalue weighted by Crippen LogP contribution is -2.22. The van der Waals surface area contributed by atoms with Gasteiger partial charge in [-0.05, 0) is 38.5 Å². The Labute approximate surface area is 168 Å². The summed E-state index contributed by atoms with van der Waals surface area (Å²) >= 11 is 0. The molecule has 0 radical (unpaired) electrons. The van der Waals surface area contributed by atoms with Gasteiger partial charge < -0.3 is 10.1 Å². The SMILES string of the molecule is Cc1ccc(Cn2nc(C)c(C(=O)OCC(=O)Nc3ccccc3F)c2C)cc1. The van der Waals surface area contributed by atoms with Crippen LogP contribution in [-0.2, 0) is 16.1 Å². The number of nitrogens with one attached hydrogen (secondary N) is 1. The standard InChI is InChI=1S/C22H22FN3O3/c1-14-8-10-17(11-9-14)12-26-16(3)21(15(2)25-26)22(28)29-13-20(27)24-19-7-5-4-6-18(19)23/h4-11H,12-13H2,1-3H3,(H,24,27). The van der Waals surface area contributed by atoms with Gasteiger partial charge in [0.05, 0.1) is 23.6 Å². The van der Waals surface area contributed by atoms with Gasteiger partial charge in [-0.3, -0.25) is 9.48 Å². The Morgan fingerprint density at radius 2 is 1.76 bits per heavy atom. The number of carbonyl (C=O) groups excluding carboxylic acids is 2. The number of aromatic nitrogens is 2. The third-order valence-electron chi connectivity index (χ3n) is 4.52. The van der Waals surface area contributed by atoms with Gasteiger partial charge >= 0.3 is 5.97 Å². The predicted octanol–water partition coefficient (Wildman–Crippen LogP) is 3.79. The highest BCUT2D eigenvalue weighted by Gasteiger charge is 2.21. The number of benzene rings is 2. The lowest BCUT2D eigenvalue weighted by molar-refractivity contribution is -0.119. The lowest BCUT2D eigenvalue weighted by atomic mass is 10.1. The molecule has 150 valence electrons.